The van der Waals surface area contributed by atoms with Crippen molar-refractivity contribution in [3.05, 3.63) is 107 Å². The first-order valence-corrected chi connectivity index (χ1v) is 11.1. The Morgan fingerprint density at radius 1 is 0.968 bits per heavy atom. The molecule has 0 spiro atoms. The highest BCUT2D eigenvalue weighted by Gasteiger charge is 2.45. The van der Waals surface area contributed by atoms with E-state index < -0.39 is 0 Å². The lowest BCUT2D eigenvalue weighted by atomic mass is 10.1. The summed E-state index contributed by atoms with van der Waals surface area (Å²) < 4.78 is 2.33. The van der Waals surface area contributed by atoms with Crippen LogP contribution in [0.4, 0.5) is 0 Å². The normalized spacial score (nSPS) is 17.6. The summed E-state index contributed by atoms with van der Waals surface area (Å²) in [7, 11) is 0. The highest BCUT2D eigenvalue weighted by molar-refractivity contribution is 5.89. The van der Waals surface area contributed by atoms with Gasteiger partial charge in [0.15, 0.2) is 0 Å². The van der Waals surface area contributed by atoms with E-state index in [0.717, 1.165) is 13.0 Å². The maximum atomic E-state index is 12.8. The molecular formula is C28H28N2O. The fourth-order valence-corrected chi connectivity index (χ4v) is 4.54. The number of rotatable bonds is 6. The van der Waals surface area contributed by atoms with Gasteiger partial charge in [0, 0.05) is 36.1 Å². The predicted molar refractivity (Wildman–Crippen MR) is 126 cm³/mol. The van der Waals surface area contributed by atoms with E-state index in [2.05, 4.69) is 90.6 Å². The molecule has 4 aromatic rings. The molecule has 31 heavy (non-hydrogen) atoms. The summed E-state index contributed by atoms with van der Waals surface area (Å²) in [6.45, 7) is 5.65. The molecule has 5 rings (SSSR count). The highest BCUT2D eigenvalue weighted by atomic mass is 16.2. The van der Waals surface area contributed by atoms with E-state index >= 15 is 0 Å². The molecule has 0 bridgehead atoms. The summed E-state index contributed by atoms with van der Waals surface area (Å²) >= 11 is 0. The number of benzene rings is 3. The Balaban J connectivity index is 1.33. The lowest BCUT2D eigenvalue weighted by Gasteiger charge is -2.07. The van der Waals surface area contributed by atoms with Gasteiger partial charge >= 0.3 is 0 Å². The van der Waals surface area contributed by atoms with Crippen LogP contribution in [0.3, 0.4) is 0 Å². The lowest BCUT2D eigenvalue weighted by molar-refractivity contribution is -0.122. The number of amides is 1. The second kappa shape index (κ2) is 8.07. The maximum Gasteiger partial charge on any atom is 0.224 e. The molecular weight excluding hydrogens is 380 g/mol. The first kappa shape index (κ1) is 19.6. The highest BCUT2D eigenvalue weighted by Crippen LogP contribution is 2.50. The number of hydrogen-bond acceptors (Lipinski definition) is 1. The molecule has 3 aromatic carbocycles. The van der Waals surface area contributed by atoms with Gasteiger partial charge in [0.05, 0.1) is 0 Å². The van der Waals surface area contributed by atoms with E-state index in [1.54, 1.807) is 0 Å². The summed E-state index contributed by atoms with van der Waals surface area (Å²) in [4.78, 5) is 12.8. The Kier molecular flexibility index (Phi) is 5.11. The van der Waals surface area contributed by atoms with Gasteiger partial charge in [0.25, 0.3) is 0 Å². The van der Waals surface area contributed by atoms with Crippen LogP contribution in [0.5, 0.6) is 0 Å². The van der Waals surface area contributed by atoms with Gasteiger partial charge in [-0.15, -0.1) is 0 Å². The number of aryl methyl sites for hydroxylation is 2. The zero-order chi connectivity index (χ0) is 21.4. The summed E-state index contributed by atoms with van der Waals surface area (Å²) in [6.07, 6.45) is 3.20. The van der Waals surface area contributed by atoms with Crippen LogP contribution in [0.15, 0.2) is 79.0 Å². The van der Waals surface area contributed by atoms with Crippen molar-refractivity contribution in [2.45, 2.75) is 39.3 Å². The summed E-state index contributed by atoms with van der Waals surface area (Å²) in [5.41, 5.74) is 7.51. The fourth-order valence-electron chi connectivity index (χ4n) is 4.54. The first-order chi connectivity index (χ1) is 15.1. The molecule has 0 radical (unpaired) electrons. The topological polar surface area (TPSA) is 34.0 Å². The molecule has 1 N–H and O–H groups in total. The quantitative estimate of drug-likeness (QED) is 0.435. The van der Waals surface area contributed by atoms with Crippen LogP contribution in [0.2, 0.25) is 0 Å². The summed E-state index contributed by atoms with van der Waals surface area (Å²) in [5.74, 6) is 0.548. The van der Waals surface area contributed by atoms with E-state index in [9.17, 15) is 4.79 Å². The first-order valence-electron chi connectivity index (χ1n) is 11.1. The molecule has 1 fully saturated rings. The molecule has 0 unspecified atom stereocenters. The van der Waals surface area contributed by atoms with E-state index in [-0.39, 0.29) is 11.8 Å². The third-order valence-electron chi connectivity index (χ3n) is 6.53. The second-order valence-electron chi connectivity index (χ2n) is 8.81. The molecule has 1 amide bonds. The van der Waals surface area contributed by atoms with Gasteiger partial charge in [0.1, 0.15) is 0 Å². The van der Waals surface area contributed by atoms with Crippen molar-refractivity contribution in [3.8, 4) is 0 Å². The van der Waals surface area contributed by atoms with E-state index in [0.29, 0.717) is 12.5 Å². The Morgan fingerprint density at radius 3 is 2.52 bits per heavy atom. The standard InChI is InChI=1S/C28H28N2O/c1-19-11-13-21(14-12-19)17-30-18-26(23-9-5-6-10-27(23)30)24-15-25(24)28(31)29-16-22-8-4-3-7-20(22)2/h3-14,18,24-25H,15-17H2,1-2H3,(H,29,31)/t24-,25-/m0/s1. The minimum atomic E-state index is 0.0719. The van der Waals surface area contributed by atoms with Crippen LogP contribution < -0.4 is 5.32 Å². The number of fused-ring (bicyclic) bond motifs is 1. The largest absolute Gasteiger partial charge is 0.352 e. The van der Waals surface area contributed by atoms with Crippen molar-refractivity contribution >= 4 is 16.8 Å². The molecule has 3 heteroatoms. The molecule has 2 atom stereocenters. The van der Waals surface area contributed by atoms with Crippen molar-refractivity contribution < 1.29 is 4.79 Å². The predicted octanol–water partition coefficient (Wildman–Crippen LogP) is 5.73. The molecule has 1 aliphatic carbocycles. The van der Waals surface area contributed by atoms with Gasteiger partial charge in [-0.2, -0.15) is 0 Å². The summed E-state index contributed by atoms with van der Waals surface area (Å²) in [5, 5.41) is 4.43. The lowest BCUT2D eigenvalue weighted by Crippen LogP contribution is -2.25. The zero-order valence-electron chi connectivity index (χ0n) is 18.1. The minimum Gasteiger partial charge on any atom is -0.352 e. The van der Waals surface area contributed by atoms with Crippen molar-refractivity contribution in [2.24, 2.45) is 5.92 Å². The molecule has 0 aliphatic heterocycles. The van der Waals surface area contributed by atoms with Gasteiger partial charge in [-0.05, 0) is 54.5 Å². The van der Waals surface area contributed by atoms with Crippen molar-refractivity contribution in [1.29, 1.82) is 0 Å². The van der Waals surface area contributed by atoms with Crippen LogP contribution in [0.25, 0.3) is 10.9 Å². The number of nitrogens with zero attached hydrogens (tertiary/aromatic N) is 1. The number of aromatic nitrogens is 1. The Hall–Kier alpha value is -3.33. The average Bonchev–Trinajstić information content (AvgIpc) is 3.50. The van der Waals surface area contributed by atoms with Gasteiger partial charge in [-0.25, -0.2) is 0 Å². The number of para-hydroxylation sites is 1. The van der Waals surface area contributed by atoms with Crippen LogP contribution in [0.1, 0.15) is 40.2 Å². The van der Waals surface area contributed by atoms with E-state index in [4.69, 9.17) is 0 Å². The molecule has 3 nitrogen and oxygen atoms in total. The van der Waals surface area contributed by atoms with E-state index in [1.807, 2.05) is 12.1 Å². The maximum absolute atomic E-state index is 12.8. The van der Waals surface area contributed by atoms with Crippen LogP contribution >= 0.6 is 0 Å². The molecule has 156 valence electrons. The second-order valence-corrected chi connectivity index (χ2v) is 8.81. The van der Waals surface area contributed by atoms with Gasteiger partial charge in [-0.3, -0.25) is 4.79 Å². The monoisotopic (exact) mass is 408 g/mol. The number of carbonyl (C=O) groups excluding carboxylic acids is 1. The minimum absolute atomic E-state index is 0.0719. The molecule has 1 aliphatic rings. The molecule has 1 saturated carbocycles. The van der Waals surface area contributed by atoms with E-state index in [1.165, 1.54) is 38.7 Å². The molecule has 0 saturated heterocycles. The smallest absolute Gasteiger partial charge is 0.224 e. The van der Waals surface area contributed by atoms with Crippen molar-refractivity contribution in [2.75, 3.05) is 0 Å². The summed E-state index contributed by atoms with van der Waals surface area (Å²) in [6, 6.07) is 25.5. The Bertz CT molecular complexity index is 1240. The number of nitrogens with one attached hydrogen (secondary N) is 1. The zero-order valence-corrected chi connectivity index (χ0v) is 18.1. The van der Waals surface area contributed by atoms with Crippen LogP contribution in [-0.4, -0.2) is 10.5 Å². The van der Waals surface area contributed by atoms with Gasteiger partial charge in [-0.1, -0.05) is 72.3 Å². The third kappa shape index (κ3) is 4.00. The third-order valence-corrected chi connectivity index (χ3v) is 6.53. The van der Waals surface area contributed by atoms with Crippen LogP contribution in [-0.2, 0) is 17.9 Å². The Labute approximate surface area is 183 Å². The van der Waals surface area contributed by atoms with Crippen LogP contribution in [0, 0.1) is 19.8 Å². The van der Waals surface area contributed by atoms with Crippen molar-refractivity contribution in [3.63, 3.8) is 0 Å². The molecule has 1 heterocycles. The van der Waals surface area contributed by atoms with Gasteiger partial charge < -0.3 is 9.88 Å². The number of hydrogen-bond donors (Lipinski definition) is 1. The van der Waals surface area contributed by atoms with Crippen molar-refractivity contribution in [1.82, 2.24) is 9.88 Å². The molecule has 1 aromatic heterocycles. The Morgan fingerprint density at radius 2 is 1.71 bits per heavy atom. The fraction of sp³-hybridized carbons (Fsp3) is 0.250. The average molecular weight is 409 g/mol. The number of carbonyl (C=O) groups is 1. The SMILES string of the molecule is Cc1ccc(Cn2cc([C@H]3C[C@@H]3C(=O)NCc3ccccc3C)c3ccccc32)cc1. The van der Waals surface area contributed by atoms with Gasteiger partial charge in [0.2, 0.25) is 5.91 Å².